The summed E-state index contributed by atoms with van der Waals surface area (Å²) in [5.41, 5.74) is -4.07. The summed E-state index contributed by atoms with van der Waals surface area (Å²) < 4.78 is 61.9. The van der Waals surface area contributed by atoms with Crippen LogP contribution in [-0.4, -0.2) is 17.7 Å². The molecule has 0 saturated heterocycles. The predicted octanol–water partition coefficient (Wildman–Crippen LogP) is 2.23. The first kappa shape index (κ1) is 14.8. The lowest BCUT2D eigenvalue weighted by Crippen LogP contribution is -2.18. The number of fused-ring (bicyclic) bond motifs is 1. The maximum Gasteiger partial charge on any atom is 0.354 e. The van der Waals surface area contributed by atoms with Gasteiger partial charge in [0.15, 0.2) is 28.5 Å². The van der Waals surface area contributed by atoms with Gasteiger partial charge in [0.05, 0.1) is 6.61 Å². The van der Waals surface area contributed by atoms with E-state index < -0.39 is 57.1 Å². The molecule has 9 heteroatoms. The molecule has 5 nitrogen and oxygen atoms in total. The SMILES string of the molecule is CCOC(=O)c1c(O)c2c(F)c(F)c(F)c(F)c2oc1=O. The zero-order chi connectivity index (χ0) is 15.9. The smallest absolute Gasteiger partial charge is 0.354 e. The van der Waals surface area contributed by atoms with Crippen molar-refractivity contribution in [1.82, 2.24) is 0 Å². The number of aromatic hydroxyl groups is 1. The minimum atomic E-state index is -2.22. The summed E-state index contributed by atoms with van der Waals surface area (Å²) in [4.78, 5) is 22.9. The van der Waals surface area contributed by atoms with E-state index in [0.717, 1.165) is 0 Å². The van der Waals surface area contributed by atoms with Crippen LogP contribution < -0.4 is 5.63 Å². The van der Waals surface area contributed by atoms with Crippen LogP contribution in [0.3, 0.4) is 0 Å². The van der Waals surface area contributed by atoms with Gasteiger partial charge in [-0.25, -0.2) is 22.8 Å². The van der Waals surface area contributed by atoms with E-state index in [1.807, 2.05) is 0 Å². The standard InChI is InChI=1S/C12H6F4O5/c1-2-20-11(18)4-9(17)3-5(13)6(14)7(15)8(16)10(3)21-12(4)19/h17H,2H2,1H3. The Labute approximate surface area is 113 Å². The van der Waals surface area contributed by atoms with Crippen molar-refractivity contribution in [2.75, 3.05) is 6.61 Å². The lowest BCUT2D eigenvalue weighted by molar-refractivity contribution is 0.0518. The Bertz CT molecular complexity index is 812. The first-order chi connectivity index (χ1) is 9.81. The predicted molar refractivity (Wildman–Crippen MR) is 59.9 cm³/mol. The van der Waals surface area contributed by atoms with Crippen LogP contribution in [0.15, 0.2) is 9.21 Å². The van der Waals surface area contributed by atoms with Crippen LogP contribution in [0.4, 0.5) is 17.6 Å². The number of hydrogen-bond donors (Lipinski definition) is 1. The Morgan fingerprint density at radius 1 is 1.14 bits per heavy atom. The highest BCUT2D eigenvalue weighted by Gasteiger charge is 2.30. The molecule has 0 fully saturated rings. The van der Waals surface area contributed by atoms with Crippen molar-refractivity contribution in [1.29, 1.82) is 0 Å². The summed E-state index contributed by atoms with van der Waals surface area (Å²) in [5, 5.41) is 8.42. The zero-order valence-electron chi connectivity index (χ0n) is 10.3. The highest BCUT2D eigenvalue weighted by molar-refractivity contribution is 5.98. The third kappa shape index (κ3) is 2.10. The number of rotatable bonds is 2. The molecule has 0 spiro atoms. The highest BCUT2D eigenvalue weighted by Crippen LogP contribution is 2.33. The highest BCUT2D eigenvalue weighted by atomic mass is 19.2. The molecule has 0 aliphatic rings. The summed E-state index contributed by atoms with van der Waals surface area (Å²) >= 11 is 0. The van der Waals surface area contributed by atoms with Gasteiger partial charge in [0, 0.05) is 0 Å². The van der Waals surface area contributed by atoms with Gasteiger partial charge in [-0.3, -0.25) is 0 Å². The molecule has 1 aromatic heterocycles. The first-order valence-electron chi connectivity index (χ1n) is 5.50. The quantitative estimate of drug-likeness (QED) is 0.303. The molecule has 0 bridgehead atoms. The van der Waals surface area contributed by atoms with Crippen molar-refractivity contribution in [3.05, 3.63) is 39.3 Å². The molecule has 0 radical (unpaired) electrons. The summed E-state index contributed by atoms with van der Waals surface area (Å²) in [7, 11) is 0. The van der Waals surface area contributed by atoms with Crippen LogP contribution in [-0.2, 0) is 4.74 Å². The number of ether oxygens (including phenoxy) is 1. The Morgan fingerprint density at radius 3 is 2.29 bits per heavy atom. The van der Waals surface area contributed by atoms with Crippen LogP contribution in [0.25, 0.3) is 11.0 Å². The molecule has 112 valence electrons. The zero-order valence-corrected chi connectivity index (χ0v) is 10.3. The van der Waals surface area contributed by atoms with Crippen molar-refractivity contribution in [2.24, 2.45) is 0 Å². The van der Waals surface area contributed by atoms with Gasteiger partial charge in [-0.15, -0.1) is 0 Å². The minimum Gasteiger partial charge on any atom is -0.506 e. The number of esters is 1. The van der Waals surface area contributed by atoms with Gasteiger partial charge < -0.3 is 14.3 Å². The third-order valence-corrected chi connectivity index (χ3v) is 2.58. The largest absolute Gasteiger partial charge is 0.506 e. The molecule has 1 N–H and O–H groups in total. The van der Waals surface area contributed by atoms with Crippen LogP contribution in [0.1, 0.15) is 17.3 Å². The molecule has 1 heterocycles. The molecule has 2 aromatic rings. The van der Waals surface area contributed by atoms with E-state index in [-0.39, 0.29) is 6.61 Å². The van der Waals surface area contributed by atoms with Gasteiger partial charge in [-0.1, -0.05) is 0 Å². The summed E-state index contributed by atoms with van der Waals surface area (Å²) in [5.74, 6) is -11.2. The van der Waals surface area contributed by atoms with Crippen molar-refractivity contribution < 1.29 is 36.6 Å². The van der Waals surface area contributed by atoms with E-state index in [1.165, 1.54) is 6.92 Å². The molecule has 2 rings (SSSR count). The molecule has 0 unspecified atom stereocenters. The molecule has 0 amide bonds. The minimum absolute atomic E-state index is 0.190. The van der Waals surface area contributed by atoms with Crippen LogP contribution in [0.2, 0.25) is 0 Å². The monoisotopic (exact) mass is 306 g/mol. The number of halogens is 4. The lowest BCUT2D eigenvalue weighted by atomic mass is 10.1. The fraction of sp³-hybridized carbons (Fsp3) is 0.167. The maximum atomic E-state index is 13.6. The van der Waals surface area contributed by atoms with Gasteiger partial charge >= 0.3 is 11.6 Å². The molecule has 0 aliphatic carbocycles. The molecule has 21 heavy (non-hydrogen) atoms. The lowest BCUT2D eigenvalue weighted by Gasteiger charge is -2.08. The van der Waals surface area contributed by atoms with Crippen LogP contribution >= 0.6 is 0 Å². The Hall–Kier alpha value is -2.58. The number of hydrogen-bond acceptors (Lipinski definition) is 5. The summed E-state index contributed by atoms with van der Waals surface area (Å²) in [6.07, 6.45) is 0. The van der Waals surface area contributed by atoms with Crippen molar-refractivity contribution >= 4 is 16.9 Å². The second kappa shape index (κ2) is 5.08. The van der Waals surface area contributed by atoms with Crippen LogP contribution in [0.5, 0.6) is 5.75 Å². The van der Waals surface area contributed by atoms with Gasteiger partial charge in [-0.2, -0.15) is 4.39 Å². The van der Waals surface area contributed by atoms with Gasteiger partial charge in [0.2, 0.25) is 11.6 Å². The summed E-state index contributed by atoms with van der Waals surface area (Å²) in [6.45, 7) is 1.19. The normalized spacial score (nSPS) is 10.9. The van der Waals surface area contributed by atoms with Crippen LogP contribution in [0, 0.1) is 23.3 Å². The van der Waals surface area contributed by atoms with E-state index in [1.54, 1.807) is 0 Å². The van der Waals surface area contributed by atoms with Crippen molar-refractivity contribution in [2.45, 2.75) is 6.92 Å². The fourth-order valence-electron chi connectivity index (χ4n) is 1.67. The first-order valence-corrected chi connectivity index (χ1v) is 5.50. The fourth-order valence-corrected chi connectivity index (χ4v) is 1.67. The molecule has 1 aromatic carbocycles. The van der Waals surface area contributed by atoms with Crippen molar-refractivity contribution in [3.8, 4) is 5.75 Å². The Kier molecular flexibility index (Phi) is 3.58. The van der Waals surface area contributed by atoms with E-state index >= 15 is 0 Å². The number of carbonyl (C=O) groups is 1. The van der Waals surface area contributed by atoms with Gasteiger partial charge in [0.25, 0.3) is 0 Å². The average molecular weight is 306 g/mol. The molecule has 0 atom stereocenters. The average Bonchev–Trinajstić information content (AvgIpc) is 2.42. The van der Waals surface area contributed by atoms with E-state index in [2.05, 4.69) is 9.15 Å². The van der Waals surface area contributed by atoms with Gasteiger partial charge in [0.1, 0.15) is 5.39 Å². The second-order valence-electron chi connectivity index (χ2n) is 3.79. The number of benzene rings is 1. The topological polar surface area (TPSA) is 76.7 Å². The van der Waals surface area contributed by atoms with E-state index in [4.69, 9.17) is 0 Å². The Morgan fingerprint density at radius 2 is 1.71 bits per heavy atom. The van der Waals surface area contributed by atoms with Gasteiger partial charge in [-0.05, 0) is 6.92 Å². The molecular weight excluding hydrogens is 300 g/mol. The summed E-state index contributed by atoms with van der Waals surface area (Å²) in [6, 6.07) is 0. The maximum absolute atomic E-state index is 13.6. The second-order valence-corrected chi connectivity index (χ2v) is 3.79. The van der Waals surface area contributed by atoms with Crippen molar-refractivity contribution in [3.63, 3.8) is 0 Å². The Balaban J connectivity index is 2.96. The third-order valence-electron chi connectivity index (χ3n) is 2.58. The molecule has 0 saturated carbocycles. The molecule has 0 aliphatic heterocycles. The van der Waals surface area contributed by atoms with E-state index in [9.17, 15) is 32.3 Å². The van der Waals surface area contributed by atoms with E-state index in [0.29, 0.717) is 0 Å². The number of carbonyl (C=O) groups excluding carboxylic acids is 1. The molecular formula is C12H6F4O5.